The first-order valence-corrected chi connectivity index (χ1v) is 9.71. The second-order valence-corrected chi connectivity index (χ2v) is 7.97. The van der Waals surface area contributed by atoms with Crippen molar-refractivity contribution in [2.75, 3.05) is 18.9 Å². The van der Waals surface area contributed by atoms with Crippen molar-refractivity contribution in [3.63, 3.8) is 0 Å². The highest BCUT2D eigenvalue weighted by atomic mass is 32.2. The van der Waals surface area contributed by atoms with Crippen LogP contribution in [-0.4, -0.2) is 39.0 Å². The van der Waals surface area contributed by atoms with Gasteiger partial charge in [-0.3, -0.25) is 0 Å². The highest BCUT2D eigenvalue weighted by molar-refractivity contribution is 7.89. The smallest absolute Gasteiger partial charge is 0.322 e. The van der Waals surface area contributed by atoms with Crippen molar-refractivity contribution >= 4 is 21.7 Å². The Morgan fingerprint density at radius 3 is 2.73 bits per heavy atom. The Morgan fingerprint density at radius 2 is 1.96 bits per heavy atom. The minimum atomic E-state index is -3.57. The van der Waals surface area contributed by atoms with Gasteiger partial charge in [-0.2, -0.15) is 0 Å². The van der Waals surface area contributed by atoms with Crippen LogP contribution in [0, 0.1) is 0 Å². The molecule has 1 aliphatic heterocycles. The first-order chi connectivity index (χ1) is 12.4. The van der Waals surface area contributed by atoms with Crippen LogP contribution >= 0.6 is 0 Å². The fraction of sp³-hybridized carbons (Fsp3) is 0.278. The average molecular weight is 375 g/mol. The van der Waals surface area contributed by atoms with E-state index < -0.39 is 10.0 Å². The van der Waals surface area contributed by atoms with Crippen molar-refractivity contribution in [1.29, 1.82) is 0 Å². The number of hydrogen-bond acceptors (Lipinski definition) is 4. The Hall–Kier alpha value is -2.58. The van der Waals surface area contributed by atoms with Crippen LogP contribution in [0.5, 0.6) is 5.75 Å². The van der Waals surface area contributed by atoms with E-state index in [0.29, 0.717) is 18.8 Å². The number of rotatable bonds is 3. The van der Waals surface area contributed by atoms with Gasteiger partial charge in [0, 0.05) is 11.3 Å². The second kappa shape index (κ2) is 7.35. The van der Waals surface area contributed by atoms with Crippen molar-refractivity contribution in [2.45, 2.75) is 24.5 Å². The third-order valence-electron chi connectivity index (χ3n) is 4.09. The summed E-state index contributed by atoms with van der Waals surface area (Å²) < 4.78 is 31.9. The standard InChI is InChI=1S/C18H21N3O4S/c1-13-11-21(12-14-6-3-4-9-17(14)25-13)18(22)20-15-7-5-8-16(10-15)26(23,24)19-2/h3-10,13,19H,11-12H2,1-2H3,(H,20,22). The van der Waals surface area contributed by atoms with E-state index in [4.69, 9.17) is 4.74 Å². The number of urea groups is 1. The number of nitrogens with one attached hydrogen (secondary N) is 2. The molecule has 2 aromatic carbocycles. The number of anilines is 1. The van der Waals surface area contributed by atoms with Crippen LogP contribution < -0.4 is 14.8 Å². The predicted molar refractivity (Wildman–Crippen MR) is 98.6 cm³/mol. The normalized spacial score (nSPS) is 17.0. The molecule has 7 nitrogen and oxygen atoms in total. The summed E-state index contributed by atoms with van der Waals surface area (Å²) in [5.74, 6) is 0.775. The summed E-state index contributed by atoms with van der Waals surface area (Å²) in [5, 5.41) is 2.77. The van der Waals surface area contributed by atoms with Gasteiger partial charge in [0.1, 0.15) is 11.9 Å². The Morgan fingerprint density at radius 1 is 1.19 bits per heavy atom. The number of carbonyl (C=O) groups excluding carboxylic acids is 1. The molecule has 0 bridgehead atoms. The lowest BCUT2D eigenvalue weighted by Gasteiger charge is -2.22. The van der Waals surface area contributed by atoms with E-state index in [1.54, 1.807) is 17.0 Å². The molecule has 0 aliphatic carbocycles. The molecule has 0 saturated heterocycles. The van der Waals surface area contributed by atoms with Crippen molar-refractivity contribution in [3.8, 4) is 5.75 Å². The van der Waals surface area contributed by atoms with E-state index in [-0.39, 0.29) is 17.0 Å². The van der Waals surface area contributed by atoms with Crippen molar-refractivity contribution in [1.82, 2.24) is 9.62 Å². The molecule has 2 N–H and O–H groups in total. The summed E-state index contributed by atoms with van der Waals surface area (Å²) >= 11 is 0. The highest BCUT2D eigenvalue weighted by Crippen LogP contribution is 2.25. The largest absolute Gasteiger partial charge is 0.489 e. The van der Waals surface area contributed by atoms with E-state index in [1.165, 1.54) is 19.2 Å². The number of hydrogen-bond donors (Lipinski definition) is 2. The highest BCUT2D eigenvalue weighted by Gasteiger charge is 2.24. The van der Waals surface area contributed by atoms with Crippen molar-refractivity contribution in [3.05, 3.63) is 54.1 Å². The van der Waals surface area contributed by atoms with Gasteiger partial charge in [0.05, 0.1) is 18.0 Å². The molecule has 1 atom stereocenters. The van der Waals surface area contributed by atoms with Gasteiger partial charge in [-0.1, -0.05) is 24.3 Å². The lowest BCUT2D eigenvalue weighted by molar-refractivity contribution is 0.167. The fourth-order valence-electron chi connectivity index (χ4n) is 2.80. The molecule has 1 unspecified atom stereocenters. The van der Waals surface area contributed by atoms with Gasteiger partial charge in [-0.05, 0) is 38.2 Å². The number of carbonyl (C=O) groups is 1. The van der Waals surface area contributed by atoms with E-state index in [0.717, 1.165) is 11.3 Å². The number of nitrogens with zero attached hydrogens (tertiary/aromatic N) is 1. The van der Waals surface area contributed by atoms with E-state index in [2.05, 4.69) is 10.0 Å². The van der Waals surface area contributed by atoms with Crippen molar-refractivity contribution in [2.24, 2.45) is 0 Å². The molecule has 0 saturated carbocycles. The third-order valence-corrected chi connectivity index (χ3v) is 5.50. The van der Waals surface area contributed by atoms with Crippen LogP contribution in [0.3, 0.4) is 0 Å². The Balaban J connectivity index is 1.79. The van der Waals surface area contributed by atoms with E-state index in [1.807, 2.05) is 31.2 Å². The van der Waals surface area contributed by atoms with Crippen LogP contribution in [-0.2, 0) is 16.6 Å². The predicted octanol–water partition coefficient (Wildman–Crippen LogP) is 2.41. The summed E-state index contributed by atoms with van der Waals surface area (Å²) in [7, 11) is -2.23. The van der Waals surface area contributed by atoms with Crippen LogP contribution in [0.4, 0.5) is 10.5 Å². The molecule has 26 heavy (non-hydrogen) atoms. The monoisotopic (exact) mass is 375 g/mol. The van der Waals surface area contributed by atoms with Crippen LogP contribution in [0.1, 0.15) is 12.5 Å². The van der Waals surface area contributed by atoms with Crippen LogP contribution in [0.25, 0.3) is 0 Å². The topological polar surface area (TPSA) is 87.7 Å². The van der Waals surface area contributed by atoms with E-state index >= 15 is 0 Å². The molecule has 1 heterocycles. The summed E-state index contributed by atoms with van der Waals surface area (Å²) in [6.45, 7) is 2.75. The fourth-order valence-corrected chi connectivity index (χ4v) is 3.58. The van der Waals surface area contributed by atoms with Gasteiger partial charge < -0.3 is 15.0 Å². The zero-order chi connectivity index (χ0) is 18.7. The molecule has 0 fully saturated rings. The number of sulfonamides is 1. The minimum Gasteiger partial charge on any atom is -0.489 e. The molecular weight excluding hydrogens is 354 g/mol. The maximum Gasteiger partial charge on any atom is 0.322 e. The van der Waals surface area contributed by atoms with Crippen LogP contribution in [0.2, 0.25) is 0 Å². The minimum absolute atomic E-state index is 0.0933. The number of fused-ring (bicyclic) bond motifs is 1. The summed E-state index contributed by atoms with van der Waals surface area (Å²) in [6.07, 6.45) is -0.152. The zero-order valence-corrected chi connectivity index (χ0v) is 15.4. The molecule has 0 spiro atoms. The first kappa shape index (κ1) is 18.2. The number of ether oxygens (including phenoxy) is 1. The number of para-hydroxylation sites is 1. The zero-order valence-electron chi connectivity index (χ0n) is 14.6. The lowest BCUT2D eigenvalue weighted by atomic mass is 10.2. The molecule has 8 heteroatoms. The van der Waals surface area contributed by atoms with Gasteiger partial charge in [0.2, 0.25) is 10.0 Å². The molecular formula is C18H21N3O4S. The van der Waals surface area contributed by atoms with Gasteiger partial charge in [0.15, 0.2) is 0 Å². The first-order valence-electron chi connectivity index (χ1n) is 8.23. The maximum absolute atomic E-state index is 12.7. The Labute approximate surface area is 153 Å². The molecule has 138 valence electrons. The maximum atomic E-state index is 12.7. The Bertz CT molecular complexity index is 914. The quantitative estimate of drug-likeness (QED) is 0.862. The molecule has 0 aromatic heterocycles. The average Bonchev–Trinajstić information content (AvgIpc) is 2.80. The van der Waals surface area contributed by atoms with Crippen molar-refractivity contribution < 1.29 is 17.9 Å². The summed E-state index contributed by atoms with van der Waals surface area (Å²) in [4.78, 5) is 14.4. The van der Waals surface area contributed by atoms with E-state index in [9.17, 15) is 13.2 Å². The molecule has 2 amide bonds. The molecule has 3 rings (SSSR count). The summed E-state index contributed by atoms with van der Waals surface area (Å²) in [5.41, 5.74) is 1.34. The summed E-state index contributed by atoms with van der Waals surface area (Å²) in [6, 6.07) is 13.4. The third kappa shape index (κ3) is 3.97. The molecule has 2 aromatic rings. The number of benzene rings is 2. The molecule has 0 radical (unpaired) electrons. The molecule has 1 aliphatic rings. The van der Waals surface area contributed by atoms with Gasteiger partial charge in [-0.15, -0.1) is 0 Å². The van der Waals surface area contributed by atoms with Crippen LogP contribution in [0.15, 0.2) is 53.4 Å². The SMILES string of the molecule is CNS(=O)(=O)c1cccc(NC(=O)N2Cc3ccccc3OC(C)C2)c1. The second-order valence-electron chi connectivity index (χ2n) is 6.08. The Kier molecular flexibility index (Phi) is 5.15. The van der Waals surface area contributed by atoms with Gasteiger partial charge >= 0.3 is 6.03 Å². The van der Waals surface area contributed by atoms with Gasteiger partial charge in [0.25, 0.3) is 0 Å². The number of amides is 2. The van der Waals surface area contributed by atoms with Gasteiger partial charge in [-0.25, -0.2) is 17.9 Å². The lowest BCUT2D eigenvalue weighted by Crippen LogP contribution is -2.38.